The van der Waals surface area contributed by atoms with Crippen molar-refractivity contribution in [2.75, 3.05) is 43.4 Å². The summed E-state index contributed by atoms with van der Waals surface area (Å²) in [6, 6.07) is 10.8. The Kier molecular flexibility index (Phi) is 6.09. The molecular formula is C18H22F3N3O3S+2. The third kappa shape index (κ3) is 5.59. The van der Waals surface area contributed by atoms with Crippen molar-refractivity contribution in [2.24, 2.45) is 0 Å². The van der Waals surface area contributed by atoms with Crippen LogP contribution in [0.25, 0.3) is 0 Å². The van der Waals surface area contributed by atoms with Crippen LogP contribution in [0.5, 0.6) is 5.75 Å². The Morgan fingerprint density at radius 3 is 2.32 bits per heavy atom. The molecule has 6 nitrogen and oxygen atoms in total. The standard InChI is InChI=1S/C18H20F3N3O3S/c19-18(20,21)15-6-7-17(22-14-15)24-10-8-23(9-11-24)12-13-28(25,26)27-16-4-2-1-3-5-16/h1-7,14H,8-13H2/p+2. The first-order valence-corrected chi connectivity index (χ1v) is 10.5. The molecule has 3 rings (SSSR count). The predicted molar refractivity (Wildman–Crippen MR) is 96.6 cm³/mol. The number of aromatic amines is 1. The van der Waals surface area contributed by atoms with E-state index < -0.39 is 21.9 Å². The highest BCUT2D eigenvalue weighted by molar-refractivity contribution is 7.87. The van der Waals surface area contributed by atoms with Gasteiger partial charge in [-0.3, -0.25) is 4.90 Å². The number of halogens is 3. The van der Waals surface area contributed by atoms with Crippen LogP contribution >= 0.6 is 0 Å². The summed E-state index contributed by atoms with van der Waals surface area (Å²) in [7, 11) is -3.67. The number of hydrogen-bond acceptors (Lipinski definition) is 4. The van der Waals surface area contributed by atoms with Crippen LogP contribution in [-0.2, 0) is 16.3 Å². The van der Waals surface area contributed by atoms with Gasteiger partial charge in [0.2, 0.25) is 0 Å². The van der Waals surface area contributed by atoms with Crippen LogP contribution in [0.15, 0.2) is 48.7 Å². The van der Waals surface area contributed by atoms with Crippen molar-refractivity contribution in [3.05, 3.63) is 54.2 Å². The van der Waals surface area contributed by atoms with E-state index >= 15 is 0 Å². The Bertz CT molecular complexity index is 866. The van der Waals surface area contributed by atoms with Gasteiger partial charge in [-0.25, -0.2) is 4.98 Å². The second-order valence-corrected chi connectivity index (χ2v) is 8.30. The monoisotopic (exact) mass is 417 g/mol. The molecule has 0 radical (unpaired) electrons. The van der Waals surface area contributed by atoms with E-state index in [1.807, 2.05) is 4.90 Å². The highest BCUT2D eigenvalue weighted by atomic mass is 32.2. The summed E-state index contributed by atoms with van der Waals surface area (Å²) in [4.78, 5) is 5.76. The number of aromatic nitrogens is 1. The maximum Gasteiger partial charge on any atom is 0.419 e. The molecule has 28 heavy (non-hydrogen) atoms. The van der Waals surface area contributed by atoms with E-state index in [0.29, 0.717) is 44.3 Å². The van der Waals surface area contributed by atoms with E-state index in [1.54, 1.807) is 30.3 Å². The van der Waals surface area contributed by atoms with Crippen molar-refractivity contribution in [2.45, 2.75) is 6.18 Å². The third-order valence-corrected chi connectivity index (χ3v) is 5.76. The number of nitrogens with one attached hydrogen (secondary N) is 2. The van der Waals surface area contributed by atoms with Crippen LogP contribution in [-0.4, -0.2) is 46.9 Å². The molecule has 0 spiro atoms. The molecule has 0 aliphatic carbocycles. The van der Waals surface area contributed by atoms with Crippen molar-refractivity contribution in [3.63, 3.8) is 0 Å². The Morgan fingerprint density at radius 1 is 1.07 bits per heavy atom. The average molecular weight is 417 g/mol. The summed E-state index contributed by atoms with van der Waals surface area (Å²) >= 11 is 0. The Morgan fingerprint density at radius 2 is 1.75 bits per heavy atom. The van der Waals surface area contributed by atoms with Crippen LogP contribution in [0.3, 0.4) is 0 Å². The van der Waals surface area contributed by atoms with Crippen molar-refractivity contribution in [1.29, 1.82) is 0 Å². The topological polar surface area (TPSA) is 65.2 Å². The van der Waals surface area contributed by atoms with Gasteiger partial charge in [0.15, 0.2) is 0 Å². The molecule has 1 saturated heterocycles. The van der Waals surface area contributed by atoms with E-state index in [-0.39, 0.29) is 5.75 Å². The van der Waals surface area contributed by atoms with Crippen molar-refractivity contribution < 1.29 is 35.7 Å². The molecule has 1 aromatic carbocycles. The molecule has 0 atom stereocenters. The molecule has 0 amide bonds. The minimum Gasteiger partial charge on any atom is -0.382 e. The zero-order valence-electron chi connectivity index (χ0n) is 15.1. The molecular weight excluding hydrogens is 395 g/mol. The molecule has 0 unspecified atom stereocenters. The highest BCUT2D eigenvalue weighted by Gasteiger charge is 2.33. The summed E-state index contributed by atoms with van der Waals surface area (Å²) in [5, 5.41) is 0. The number of quaternary nitrogens is 1. The maximum atomic E-state index is 12.6. The number of anilines is 1. The van der Waals surface area contributed by atoms with E-state index in [0.717, 1.165) is 17.2 Å². The fraction of sp³-hybridized carbons (Fsp3) is 0.389. The fourth-order valence-corrected chi connectivity index (χ4v) is 4.06. The van der Waals surface area contributed by atoms with Gasteiger partial charge >= 0.3 is 16.3 Å². The lowest BCUT2D eigenvalue weighted by molar-refractivity contribution is -0.898. The summed E-state index contributed by atoms with van der Waals surface area (Å²) < 4.78 is 67.2. The number of piperazine rings is 1. The first-order valence-electron chi connectivity index (χ1n) is 8.88. The van der Waals surface area contributed by atoms with Crippen molar-refractivity contribution in [1.82, 2.24) is 0 Å². The van der Waals surface area contributed by atoms with Crippen LogP contribution in [0.1, 0.15) is 5.56 Å². The van der Waals surface area contributed by atoms with Gasteiger partial charge in [-0.05, 0) is 18.2 Å². The summed E-state index contributed by atoms with van der Waals surface area (Å²) in [5.41, 5.74) is -0.718. The Hall–Kier alpha value is -2.33. The molecule has 152 valence electrons. The molecule has 1 fully saturated rings. The first kappa shape index (κ1) is 20.4. The maximum absolute atomic E-state index is 12.6. The van der Waals surface area contributed by atoms with E-state index in [2.05, 4.69) is 4.98 Å². The SMILES string of the molecule is O=S(=O)(CC[NH+]1CCN(c2ccc(C(F)(F)F)c[nH+]2)CC1)Oc1ccccc1. The number of nitrogens with zero attached hydrogens (tertiary/aromatic N) is 1. The summed E-state index contributed by atoms with van der Waals surface area (Å²) in [6.07, 6.45) is -3.41. The van der Waals surface area contributed by atoms with Gasteiger partial charge < -0.3 is 9.08 Å². The molecule has 2 N–H and O–H groups in total. The lowest BCUT2D eigenvalue weighted by atomic mass is 10.2. The lowest BCUT2D eigenvalue weighted by Gasteiger charge is -2.28. The smallest absolute Gasteiger partial charge is 0.382 e. The van der Waals surface area contributed by atoms with Crippen LogP contribution in [0, 0.1) is 0 Å². The average Bonchev–Trinajstić information content (AvgIpc) is 2.67. The van der Waals surface area contributed by atoms with Gasteiger partial charge in [-0.1, -0.05) is 18.2 Å². The van der Waals surface area contributed by atoms with Gasteiger partial charge in [0, 0.05) is 6.07 Å². The zero-order valence-corrected chi connectivity index (χ0v) is 15.9. The minimum atomic E-state index is -4.37. The molecule has 0 saturated carbocycles. The van der Waals surface area contributed by atoms with Crippen LogP contribution in [0.4, 0.5) is 19.0 Å². The van der Waals surface area contributed by atoms with Gasteiger partial charge in [-0.2, -0.15) is 21.6 Å². The van der Waals surface area contributed by atoms with Crippen LogP contribution < -0.4 is 19.0 Å². The second kappa shape index (κ2) is 8.36. The van der Waals surface area contributed by atoms with E-state index in [9.17, 15) is 21.6 Å². The number of rotatable bonds is 6. The molecule has 0 bridgehead atoms. The minimum absolute atomic E-state index is 0.0936. The predicted octanol–water partition coefficient (Wildman–Crippen LogP) is 0.633. The Labute approximate surface area is 161 Å². The molecule has 10 heteroatoms. The zero-order chi connectivity index (χ0) is 20.2. The normalized spacial score (nSPS) is 16.2. The largest absolute Gasteiger partial charge is 0.419 e. The number of para-hydroxylation sites is 1. The Balaban J connectivity index is 1.47. The molecule has 1 aliphatic rings. The van der Waals surface area contributed by atoms with E-state index in [1.165, 1.54) is 6.07 Å². The molecule has 2 heterocycles. The number of hydrogen-bond donors (Lipinski definition) is 1. The van der Waals surface area contributed by atoms with Crippen LogP contribution in [0.2, 0.25) is 0 Å². The highest BCUT2D eigenvalue weighted by Crippen LogP contribution is 2.28. The number of H-pyrrole nitrogens is 1. The molecule has 1 aromatic heterocycles. The number of alkyl halides is 3. The van der Waals surface area contributed by atoms with Gasteiger partial charge in [0.25, 0.3) is 5.82 Å². The first-order chi connectivity index (χ1) is 13.2. The number of benzene rings is 1. The van der Waals surface area contributed by atoms with Gasteiger partial charge in [0.1, 0.15) is 43.9 Å². The van der Waals surface area contributed by atoms with E-state index in [4.69, 9.17) is 4.18 Å². The lowest BCUT2D eigenvalue weighted by Crippen LogP contribution is -3.15. The second-order valence-electron chi connectivity index (χ2n) is 6.61. The van der Waals surface area contributed by atoms with Crippen molar-refractivity contribution in [3.8, 4) is 5.75 Å². The fourth-order valence-electron chi connectivity index (χ4n) is 3.04. The number of pyridine rings is 1. The molecule has 1 aliphatic heterocycles. The quantitative estimate of drug-likeness (QED) is 0.701. The van der Waals surface area contributed by atoms with Crippen molar-refractivity contribution >= 4 is 15.9 Å². The summed E-state index contributed by atoms with van der Waals surface area (Å²) in [6.45, 7) is 3.04. The summed E-state index contributed by atoms with van der Waals surface area (Å²) in [5.74, 6) is 0.816. The third-order valence-electron chi connectivity index (χ3n) is 4.61. The van der Waals surface area contributed by atoms with Gasteiger partial charge in [0.05, 0.1) is 12.1 Å². The van der Waals surface area contributed by atoms with Gasteiger partial charge in [-0.15, -0.1) is 0 Å². The molecule has 2 aromatic rings.